The Morgan fingerprint density at radius 2 is 2.29 bits per heavy atom. The summed E-state index contributed by atoms with van der Waals surface area (Å²) in [6.07, 6.45) is 5.26. The minimum Gasteiger partial charge on any atom is -0.468 e. The summed E-state index contributed by atoms with van der Waals surface area (Å²) in [5.41, 5.74) is 1.08. The molecule has 92 valence electrons. The number of carbonyl (C=O) groups is 1. The zero-order valence-electron chi connectivity index (χ0n) is 10.2. The van der Waals surface area contributed by atoms with Gasteiger partial charge >= 0.3 is 5.97 Å². The highest BCUT2D eigenvalue weighted by atomic mass is 16.5. The lowest BCUT2D eigenvalue weighted by atomic mass is 9.83. The molecule has 1 aromatic heterocycles. The topological polar surface area (TPSA) is 55.3 Å². The minimum absolute atomic E-state index is 0.206. The Balaban J connectivity index is 2.06. The lowest BCUT2D eigenvalue weighted by Crippen LogP contribution is -2.27. The Labute approximate surface area is 101 Å². The molecule has 2 rings (SSSR count). The molecule has 0 atom stereocenters. The van der Waals surface area contributed by atoms with Gasteiger partial charge in [0.15, 0.2) is 0 Å². The zero-order valence-corrected chi connectivity index (χ0v) is 10.2. The van der Waals surface area contributed by atoms with Crippen LogP contribution in [0.4, 0.5) is 5.82 Å². The highest BCUT2D eigenvalue weighted by molar-refractivity contribution is 5.74. The van der Waals surface area contributed by atoms with Crippen LogP contribution >= 0.6 is 0 Å². The summed E-state index contributed by atoms with van der Waals surface area (Å²) in [5.74, 6) is 1.08. The number of anilines is 1. The molecule has 1 aliphatic rings. The molecule has 0 aliphatic heterocycles. The standard InChI is InChI=1S/C12H17N3O2/c1-15(7-12(16)17-2)11-6-10(13-8-14-11)9-4-3-5-9/h6,8-9H,3-5,7H2,1-2H3. The van der Waals surface area contributed by atoms with Gasteiger partial charge in [-0.1, -0.05) is 6.42 Å². The molecular formula is C12H17N3O2. The zero-order chi connectivity index (χ0) is 12.3. The maximum atomic E-state index is 11.2. The molecule has 0 bridgehead atoms. The first-order valence-electron chi connectivity index (χ1n) is 5.80. The molecule has 0 spiro atoms. The lowest BCUT2D eigenvalue weighted by Gasteiger charge is -2.25. The summed E-state index contributed by atoms with van der Waals surface area (Å²) in [4.78, 5) is 21.4. The number of likely N-dealkylation sites (N-methyl/N-ethyl adjacent to an activating group) is 1. The second kappa shape index (κ2) is 5.12. The van der Waals surface area contributed by atoms with Crippen LogP contribution in [0.3, 0.4) is 0 Å². The number of hydrogen-bond acceptors (Lipinski definition) is 5. The van der Waals surface area contributed by atoms with Crippen LogP contribution in [0.25, 0.3) is 0 Å². The summed E-state index contributed by atoms with van der Waals surface area (Å²) in [6.45, 7) is 0.206. The van der Waals surface area contributed by atoms with E-state index in [0.29, 0.717) is 5.92 Å². The van der Waals surface area contributed by atoms with Crippen LogP contribution in [-0.2, 0) is 9.53 Å². The van der Waals surface area contributed by atoms with Gasteiger partial charge in [-0.25, -0.2) is 9.97 Å². The van der Waals surface area contributed by atoms with Crippen LogP contribution in [0.5, 0.6) is 0 Å². The molecule has 1 aliphatic carbocycles. The number of methoxy groups -OCH3 is 1. The highest BCUT2D eigenvalue weighted by Gasteiger charge is 2.21. The number of rotatable bonds is 4. The van der Waals surface area contributed by atoms with E-state index in [4.69, 9.17) is 0 Å². The molecule has 5 heteroatoms. The van der Waals surface area contributed by atoms with E-state index < -0.39 is 0 Å². The number of esters is 1. The fourth-order valence-electron chi connectivity index (χ4n) is 1.84. The van der Waals surface area contributed by atoms with Gasteiger partial charge in [0.05, 0.1) is 7.11 Å². The molecule has 0 N–H and O–H groups in total. The van der Waals surface area contributed by atoms with Gasteiger partial charge in [0.25, 0.3) is 0 Å². The van der Waals surface area contributed by atoms with Crippen LogP contribution in [0.2, 0.25) is 0 Å². The first kappa shape index (κ1) is 11.8. The summed E-state index contributed by atoms with van der Waals surface area (Å²) >= 11 is 0. The Kier molecular flexibility index (Phi) is 3.56. The largest absolute Gasteiger partial charge is 0.468 e. The van der Waals surface area contributed by atoms with Crippen LogP contribution in [0.1, 0.15) is 30.9 Å². The number of hydrogen-bond donors (Lipinski definition) is 0. The third-order valence-corrected chi connectivity index (χ3v) is 3.18. The van der Waals surface area contributed by atoms with E-state index in [0.717, 1.165) is 11.5 Å². The van der Waals surface area contributed by atoms with Gasteiger partial charge in [-0.05, 0) is 12.8 Å². The van der Waals surface area contributed by atoms with Crippen LogP contribution in [-0.4, -0.2) is 36.6 Å². The molecule has 17 heavy (non-hydrogen) atoms. The first-order valence-corrected chi connectivity index (χ1v) is 5.80. The lowest BCUT2D eigenvalue weighted by molar-refractivity contribution is -0.138. The maximum absolute atomic E-state index is 11.2. The van der Waals surface area contributed by atoms with E-state index in [1.807, 2.05) is 13.1 Å². The molecule has 0 saturated heterocycles. The van der Waals surface area contributed by atoms with Crippen molar-refractivity contribution in [1.29, 1.82) is 0 Å². The van der Waals surface area contributed by atoms with Crippen LogP contribution in [0, 0.1) is 0 Å². The molecule has 0 unspecified atom stereocenters. The van der Waals surface area contributed by atoms with Gasteiger partial charge in [-0.2, -0.15) is 0 Å². The predicted molar refractivity (Wildman–Crippen MR) is 63.9 cm³/mol. The van der Waals surface area contributed by atoms with Crippen molar-refractivity contribution >= 4 is 11.8 Å². The molecule has 0 radical (unpaired) electrons. The third kappa shape index (κ3) is 2.72. The van der Waals surface area contributed by atoms with Crippen molar-refractivity contribution in [2.75, 3.05) is 25.6 Å². The molecule has 1 fully saturated rings. The predicted octanol–water partition coefficient (Wildman–Crippen LogP) is 1.35. The van der Waals surface area contributed by atoms with E-state index in [9.17, 15) is 4.79 Å². The monoisotopic (exact) mass is 235 g/mol. The van der Waals surface area contributed by atoms with E-state index in [2.05, 4.69) is 14.7 Å². The van der Waals surface area contributed by atoms with Crippen molar-refractivity contribution in [1.82, 2.24) is 9.97 Å². The maximum Gasteiger partial charge on any atom is 0.325 e. The molecule has 1 saturated carbocycles. The average Bonchev–Trinajstić information content (AvgIpc) is 2.27. The summed E-state index contributed by atoms with van der Waals surface area (Å²) in [7, 11) is 3.21. The fraction of sp³-hybridized carbons (Fsp3) is 0.583. The molecule has 5 nitrogen and oxygen atoms in total. The average molecular weight is 235 g/mol. The van der Waals surface area contributed by atoms with Crippen molar-refractivity contribution in [3.8, 4) is 0 Å². The fourth-order valence-corrected chi connectivity index (χ4v) is 1.84. The van der Waals surface area contributed by atoms with Gasteiger partial charge < -0.3 is 9.64 Å². The van der Waals surface area contributed by atoms with E-state index >= 15 is 0 Å². The van der Waals surface area contributed by atoms with Crippen molar-refractivity contribution in [2.24, 2.45) is 0 Å². The van der Waals surface area contributed by atoms with Crippen LogP contribution in [0.15, 0.2) is 12.4 Å². The molecule has 1 aromatic rings. The number of aromatic nitrogens is 2. The summed E-state index contributed by atoms with van der Waals surface area (Å²) in [5, 5.41) is 0. The normalized spacial score (nSPS) is 15.2. The molecular weight excluding hydrogens is 218 g/mol. The van der Waals surface area contributed by atoms with Gasteiger partial charge in [0.2, 0.25) is 0 Å². The number of nitrogens with zero attached hydrogens (tertiary/aromatic N) is 3. The Morgan fingerprint density at radius 1 is 1.53 bits per heavy atom. The third-order valence-electron chi connectivity index (χ3n) is 3.18. The Hall–Kier alpha value is -1.65. The second-order valence-corrected chi connectivity index (χ2v) is 4.36. The highest BCUT2D eigenvalue weighted by Crippen LogP contribution is 2.35. The first-order chi connectivity index (χ1) is 8.20. The van der Waals surface area contributed by atoms with E-state index in [-0.39, 0.29) is 12.5 Å². The SMILES string of the molecule is COC(=O)CN(C)c1cc(C2CCC2)ncn1. The Bertz CT molecular complexity index is 404. The van der Waals surface area contributed by atoms with Gasteiger partial charge in [-0.3, -0.25) is 4.79 Å². The van der Waals surface area contributed by atoms with Crippen molar-refractivity contribution in [3.05, 3.63) is 18.1 Å². The smallest absolute Gasteiger partial charge is 0.325 e. The van der Waals surface area contributed by atoms with Crippen LogP contribution < -0.4 is 4.90 Å². The molecule has 1 heterocycles. The second-order valence-electron chi connectivity index (χ2n) is 4.36. The Morgan fingerprint density at radius 3 is 2.88 bits per heavy atom. The van der Waals surface area contributed by atoms with Crippen molar-refractivity contribution in [2.45, 2.75) is 25.2 Å². The van der Waals surface area contributed by atoms with Crippen molar-refractivity contribution < 1.29 is 9.53 Å². The molecule has 0 aromatic carbocycles. The number of carbonyl (C=O) groups excluding carboxylic acids is 1. The summed E-state index contributed by atoms with van der Waals surface area (Å²) in [6, 6.07) is 1.97. The quantitative estimate of drug-likeness (QED) is 0.737. The van der Waals surface area contributed by atoms with Gasteiger partial charge in [0.1, 0.15) is 18.7 Å². The van der Waals surface area contributed by atoms with Gasteiger partial charge in [0, 0.05) is 24.7 Å². The molecule has 0 amide bonds. The number of ether oxygens (including phenoxy) is 1. The van der Waals surface area contributed by atoms with Gasteiger partial charge in [-0.15, -0.1) is 0 Å². The van der Waals surface area contributed by atoms with E-state index in [1.165, 1.54) is 26.4 Å². The van der Waals surface area contributed by atoms with E-state index in [1.54, 1.807) is 11.2 Å². The minimum atomic E-state index is -0.267. The van der Waals surface area contributed by atoms with Crippen molar-refractivity contribution in [3.63, 3.8) is 0 Å². The summed E-state index contributed by atoms with van der Waals surface area (Å²) < 4.78 is 4.63.